The molecule has 0 atom stereocenters. The van der Waals surface area contributed by atoms with Crippen LogP contribution in [0.5, 0.6) is 11.6 Å². The SMILES string of the molecule is Cc1ccc(Oc2nc(NN)ncc2F)c(Br)c1. The van der Waals surface area contributed by atoms with E-state index in [0.717, 1.165) is 11.8 Å². The topological polar surface area (TPSA) is 73.1 Å². The first-order valence-corrected chi connectivity index (χ1v) is 5.82. The summed E-state index contributed by atoms with van der Waals surface area (Å²) in [6.07, 6.45) is 0.986. The number of aryl methyl sites for hydroxylation is 1. The third-order valence-electron chi connectivity index (χ3n) is 2.14. The first-order valence-electron chi connectivity index (χ1n) is 5.03. The van der Waals surface area contributed by atoms with Crippen molar-refractivity contribution in [2.45, 2.75) is 6.92 Å². The van der Waals surface area contributed by atoms with Gasteiger partial charge < -0.3 is 4.74 Å². The molecule has 0 fully saturated rings. The average Bonchev–Trinajstić information content (AvgIpc) is 2.35. The van der Waals surface area contributed by atoms with Gasteiger partial charge in [0.25, 0.3) is 5.88 Å². The maximum absolute atomic E-state index is 13.5. The molecule has 94 valence electrons. The Morgan fingerprint density at radius 2 is 2.22 bits per heavy atom. The number of hydrogen-bond acceptors (Lipinski definition) is 5. The second kappa shape index (κ2) is 5.28. The van der Waals surface area contributed by atoms with Crippen LogP contribution in [-0.2, 0) is 0 Å². The van der Waals surface area contributed by atoms with E-state index in [2.05, 4.69) is 31.3 Å². The van der Waals surface area contributed by atoms with Crippen LogP contribution in [0.4, 0.5) is 10.3 Å². The fourth-order valence-corrected chi connectivity index (χ4v) is 1.86. The Hall–Kier alpha value is -1.73. The largest absolute Gasteiger partial charge is 0.435 e. The Morgan fingerprint density at radius 3 is 2.89 bits per heavy atom. The van der Waals surface area contributed by atoms with Gasteiger partial charge in [-0.3, -0.25) is 5.43 Å². The van der Waals surface area contributed by atoms with Crippen molar-refractivity contribution in [1.82, 2.24) is 9.97 Å². The van der Waals surface area contributed by atoms with Gasteiger partial charge in [0.2, 0.25) is 11.8 Å². The van der Waals surface area contributed by atoms with Crippen LogP contribution in [0.2, 0.25) is 0 Å². The number of nitrogens with one attached hydrogen (secondary N) is 1. The maximum atomic E-state index is 13.5. The maximum Gasteiger partial charge on any atom is 0.260 e. The molecule has 0 aliphatic heterocycles. The second-order valence-corrected chi connectivity index (χ2v) is 4.38. The summed E-state index contributed by atoms with van der Waals surface area (Å²) in [5.41, 5.74) is 3.28. The van der Waals surface area contributed by atoms with Crippen LogP contribution in [0.25, 0.3) is 0 Å². The lowest BCUT2D eigenvalue weighted by molar-refractivity contribution is 0.418. The van der Waals surface area contributed by atoms with E-state index in [0.29, 0.717) is 10.2 Å². The van der Waals surface area contributed by atoms with E-state index in [1.54, 1.807) is 6.07 Å². The first kappa shape index (κ1) is 12.7. The van der Waals surface area contributed by atoms with Crippen LogP contribution >= 0.6 is 15.9 Å². The van der Waals surface area contributed by atoms with Crippen LogP contribution in [0.3, 0.4) is 0 Å². The molecule has 0 spiro atoms. The van der Waals surface area contributed by atoms with Gasteiger partial charge in [-0.25, -0.2) is 10.8 Å². The van der Waals surface area contributed by atoms with Gasteiger partial charge in [-0.2, -0.15) is 9.37 Å². The predicted octanol–water partition coefficient (Wildman–Crippen LogP) is 2.76. The summed E-state index contributed by atoms with van der Waals surface area (Å²) >= 11 is 3.33. The van der Waals surface area contributed by atoms with Crippen molar-refractivity contribution in [3.8, 4) is 11.6 Å². The number of hydrogen-bond donors (Lipinski definition) is 2. The van der Waals surface area contributed by atoms with Gasteiger partial charge in [0.15, 0.2) is 0 Å². The van der Waals surface area contributed by atoms with E-state index in [4.69, 9.17) is 10.6 Å². The number of halogens is 2. The molecular formula is C11H10BrFN4O. The highest BCUT2D eigenvalue weighted by molar-refractivity contribution is 9.10. The Bertz CT molecular complexity index is 579. The lowest BCUT2D eigenvalue weighted by Crippen LogP contribution is -2.11. The van der Waals surface area contributed by atoms with Crippen molar-refractivity contribution in [2.24, 2.45) is 5.84 Å². The molecule has 2 rings (SSSR count). The van der Waals surface area contributed by atoms with Gasteiger partial charge in [-0.15, -0.1) is 0 Å². The highest BCUT2D eigenvalue weighted by Crippen LogP contribution is 2.30. The lowest BCUT2D eigenvalue weighted by atomic mass is 10.2. The molecule has 5 nitrogen and oxygen atoms in total. The smallest absolute Gasteiger partial charge is 0.260 e. The quantitative estimate of drug-likeness (QED) is 0.673. The summed E-state index contributed by atoms with van der Waals surface area (Å²) < 4.78 is 19.5. The van der Waals surface area contributed by atoms with Crippen LogP contribution < -0.4 is 16.0 Å². The van der Waals surface area contributed by atoms with Gasteiger partial charge in [0.05, 0.1) is 10.7 Å². The van der Waals surface area contributed by atoms with E-state index >= 15 is 0 Å². The highest BCUT2D eigenvalue weighted by atomic mass is 79.9. The Balaban J connectivity index is 2.33. The van der Waals surface area contributed by atoms with Crippen molar-refractivity contribution < 1.29 is 9.13 Å². The molecule has 0 amide bonds. The van der Waals surface area contributed by atoms with Crippen molar-refractivity contribution in [1.29, 1.82) is 0 Å². The van der Waals surface area contributed by atoms with Gasteiger partial charge in [-0.05, 0) is 40.5 Å². The number of nitrogen functional groups attached to an aromatic ring is 1. The van der Waals surface area contributed by atoms with E-state index in [9.17, 15) is 4.39 Å². The third-order valence-corrected chi connectivity index (χ3v) is 2.75. The summed E-state index contributed by atoms with van der Waals surface area (Å²) in [4.78, 5) is 7.41. The molecule has 0 aliphatic rings. The molecule has 18 heavy (non-hydrogen) atoms. The minimum absolute atomic E-state index is 0.0784. The number of nitrogens with zero attached hydrogens (tertiary/aromatic N) is 2. The molecular weight excluding hydrogens is 303 g/mol. The molecule has 3 N–H and O–H groups in total. The second-order valence-electron chi connectivity index (χ2n) is 3.53. The van der Waals surface area contributed by atoms with Crippen LogP contribution in [0.1, 0.15) is 5.56 Å². The summed E-state index contributed by atoms with van der Waals surface area (Å²) in [6, 6.07) is 5.42. The minimum atomic E-state index is -0.665. The Labute approximate surface area is 111 Å². The molecule has 0 radical (unpaired) electrons. The molecule has 0 saturated heterocycles. The number of rotatable bonds is 3. The summed E-state index contributed by atoms with van der Waals surface area (Å²) in [5.74, 6) is 4.83. The zero-order valence-electron chi connectivity index (χ0n) is 9.45. The normalized spacial score (nSPS) is 10.2. The molecule has 0 saturated carbocycles. The van der Waals surface area contributed by atoms with Crippen molar-refractivity contribution in [3.63, 3.8) is 0 Å². The van der Waals surface area contributed by atoms with Crippen LogP contribution in [0, 0.1) is 12.7 Å². The van der Waals surface area contributed by atoms with Crippen molar-refractivity contribution >= 4 is 21.9 Å². The van der Waals surface area contributed by atoms with Gasteiger partial charge in [-0.1, -0.05) is 6.07 Å². The number of anilines is 1. The zero-order chi connectivity index (χ0) is 13.1. The number of nitrogens with two attached hydrogens (primary N) is 1. The van der Waals surface area contributed by atoms with Gasteiger partial charge in [0, 0.05) is 0 Å². The fraction of sp³-hybridized carbons (Fsp3) is 0.0909. The minimum Gasteiger partial charge on any atom is -0.435 e. The van der Waals surface area contributed by atoms with Gasteiger partial charge in [0.1, 0.15) is 5.75 Å². The highest BCUT2D eigenvalue weighted by Gasteiger charge is 2.11. The monoisotopic (exact) mass is 312 g/mol. The standard InChI is InChI=1S/C11H10BrFN4O/c1-6-2-3-9(7(12)4-6)18-10-8(13)5-15-11(16-10)17-14/h2-5H,14H2,1H3,(H,15,16,17). The third kappa shape index (κ3) is 2.74. The lowest BCUT2D eigenvalue weighted by Gasteiger charge is -2.08. The van der Waals surface area contributed by atoms with E-state index < -0.39 is 5.82 Å². The molecule has 0 bridgehead atoms. The van der Waals surface area contributed by atoms with E-state index in [1.807, 2.05) is 19.1 Å². The van der Waals surface area contributed by atoms with E-state index in [1.165, 1.54) is 0 Å². The molecule has 1 heterocycles. The molecule has 1 aromatic heterocycles. The van der Waals surface area contributed by atoms with Crippen LogP contribution in [-0.4, -0.2) is 9.97 Å². The fourth-order valence-electron chi connectivity index (χ4n) is 1.29. The van der Waals surface area contributed by atoms with Crippen molar-refractivity contribution in [2.75, 3.05) is 5.43 Å². The summed E-state index contributed by atoms with van der Waals surface area (Å²) in [6.45, 7) is 1.94. The molecule has 1 aromatic carbocycles. The van der Waals surface area contributed by atoms with Crippen LogP contribution in [0.15, 0.2) is 28.9 Å². The molecule has 2 aromatic rings. The zero-order valence-corrected chi connectivity index (χ0v) is 11.0. The average molecular weight is 313 g/mol. The van der Waals surface area contributed by atoms with Gasteiger partial charge >= 0.3 is 0 Å². The predicted molar refractivity (Wildman–Crippen MR) is 68.8 cm³/mol. The van der Waals surface area contributed by atoms with Crippen molar-refractivity contribution in [3.05, 3.63) is 40.2 Å². The molecule has 0 aliphatic carbocycles. The molecule has 7 heteroatoms. The first-order chi connectivity index (χ1) is 8.60. The van der Waals surface area contributed by atoms with E-state index in [-0.39, 0.29) is 11.8 Å². The number of aromatic nitrogens is 2. The number of hydrazine groups is 1. The number of ether oxygens (including phenoxy) is 1. The summed E-state index contributed by atoms with van der Waals surface area (Å²) in [7, 11) is 0. The Kier molecular flexibility index (Phi) is 3.73. The number of benzene rings is 1. The Morgan fingerprint density at radius 1 is 1.44 bits per heavy atom. The summed E-state index contributed by atoms with van der Waals surface area (Å²) in [5, 5.41) is 0. The molecule has 0 unspecified atom stereocenters.